The van der Waals surface area contributed by atoms with Crippen LogP contribution in [-0.4, -0.2) is 17.8 Å². The van der Waals surface area contributed by atoms with Crippen molar-refractivity contribution < 1.29 is 14.2 Å². The lowest BCUT2D eigenvalue weighted by Crippen LogP contribution is -2.32. The number of anilines is 1. The summed E-state index contributed by atoms with van der Waals surface area (Å²) in [7, 11) is 0. The number of aromatic hydroxyl groups is 1. The summed E-state index contributed by atoms with van der Waals surface area (Å²) in [6.45, 7) is 0.661. The summed E-state index contributed by atoms with van der Waals surface area (Å²) >= 11 is 0. The Morgan fingerprint density at radius 2 is 2.00 bits per heavy atom. The van der Waals surface area contributed by atoms with E-state index in [1.165, 1.54) is 12.1 Å². The van der Waals surface area contributed by atoms with Gasteiger partial charge in [0, 0.05) is 12.5 Å². The summed E-state index contributed by atoms with van der Waals surface area (Å²) < 4.78 is 18.7. The summed E-state index contributed by atoms with van der Waals surface area (Å²) in [5.74, 6) is 0.718. The monoisotopic (exact) mass is 259 g/mol. The largest absolute Gasteiger partial charge is 0.508 e. The zero-order chi connectivity index (χ0) is 13.2. The zero-order valence-electron chi connectivity index (χ0n) is 10.3. The Hall–Kier alpha value is -2.23. The second-order valence-corrected chi connectivity index (χ2v) is 4.63. The minimum Gasteiger partial charge on any atom is -0.508 e. The van der Waals surface area contributed by atoms with Gasteiger partial charge in [0.05, 0.1) is 12.2 Å². The average Bonchev–Trinajstić information content (AvgIpc) is 2.42. The number of fused-ring (bicyclic) bond motifs is 1. The smallest absolute Gasteiger partial charge is 0.143 e. The van der Waals surface area contributed by atoms with Gasteiger partial charge in [-0.25, -0.2) is 4.39 Å². The van der Waals surface area contributed by atoms with Crippen LogP contribution in [0.4, 0.5) is 10.1 Å². The van der Waals surface area contributed by atoms with Crippen molar-refractivity contribution in [3.63, 3.8) is 0 Å². The van der Waals surface area contributed by atoms with Crippen molar-refractivity contribution in [1.29, 1.82) is 0 Å². The van der Waals surface area contributed by atoms with E-state index < -0.39 is 0 Å². The predicted molar refractivity (Wildman–Crippen MR) is 71.1 cm³/mol. The van der Waals surface area contributed by atoms with Gasteiger partial charge in [0.2, 0.25) is 0 Å². The molecule has 0 amide bonds. The number of halogens is 1. The molecule has 0 aliphatic carbocycles. The Kier molecular flexibility index (Phi) is 2.99. The highest BCUT2D eigenvalue weighted by atomic mass is 19.1. The molecule has 1 aliphatic heterocycles. The molecule has 3 nitrogen and oxygen atoms in total. The molecule has 2 aromatic rings. The van der Waals surface area contributed by atoms with Crippen LogP contribution in [0.2, 0.25) is 0 Å². The van der Waals surface area contributed by atoms with Crippen LogP contribution in [0.5, 0.6) is 11.5 Å². The van der Waals surface area contributed by atoms with Crippen molar-refractivity contribution >= 4 is 5.69 Å². The molecular formula is C15H14FNO2. The first-order chi connectivity index (χ1) is 9.20. The molecule has 4 heteroatoms. The molecule has 3 rings (SSSR count). The van der Waals surface area contributed by atoms with Gasteiger partial charge in [-0.05, 0) is 29.8 Å². The van der Waals surface area contributed by atoms with Crippen LogP contribution < -0.4 is 10.1 Å². The third kappa shape index (κ3) is 2.62. The second-order valence-electron chi connectivity index (χ2n) is 4.63. The summed E-state index contributed by atoms with van der Waals surface area (Å²) in [5, 5.41) is 12.6. The Morgan fingerprint density at radius 1 is 1.21 bits per heavy atom. The van der Waals surface area contributed by atoms with E-state index in [9.17, 15) is 9.50 Å². The van der Waals surface area contributed by atoms with Crippen molar-refractivity contribution in [3.8, 4) is 11.5 Å². The van der Waals surface area contributed by atoms with Gasteiger partial charge < -0.3 is 15.2 Å². The van der Waals surface area contributed by atoms with Crippen LogP contribution in [0.3, 0.4) is 0 Å². The molecule has 19 heavy (non-hydrogen) atoms. The van der Waals surface area contributed by atoms with Crippen molar-refractivity contribution in [2.45, 2.75) is 12.5 Å². The summed E-state index contributed by atoms with van der Waals surface area (Å²) in [4.78, 5) is 0. The normalized spacial score (nSPS) is 17.2. The molecule has 0 fully saturated rings. The van der Waals surface area contributed by atoms with E-state index in [1.54, 1.807) is 30.3 Å². The third-order valence-corrected chi connectivity index (χ3v) is 3.15. The fourth-order valence-corrected chi connectivity index (χ4v) is 2.20. The highest BCUT2D eigenvalue weighted by Crippen LogP contribution is 2.32. The summed E-state index contributed by atoms with van der Waals surface area (Å²) in [6.07, 6.45) is 0.718. The molecule has 0 bridgehead atoms. The lowest BCUT2D eigenvalue weighted by molar-refractivity contribution is 0.206. The van der Waals surface area contributed by atoms with Gasteiger partial charge in [-0.3, -0.25) is 0 Å². The fourth-order valence-electron chi connectivity index (χ4n) is 2.20. The van der Waals surface area contributed by atoms with Crippen LogP contribution in [0.15, 0.2) is 42.5 Å². The SMILES string of the molecule is Oc1ccc2c(c1)NCC(Cc1ccc(F)cc1)O2. The van der Waals surface area contributed by atoms with E-state index in [1.807, 2.05) is 0 Å². The van der Waals surface area contributed by atoms with E-state index in [-0.39, 0.29) is 17.7 Å². The van der Waals surface area contributed by atoms with Gasteiger partial charge in [0.25, 0.3) is 0 Å². The number of hydrogen-bond acceptors (Lipinski definition) is 3. The molecule has 0 saturated heterocycles. The van der Waals surface area contributed by atoms with Gasteiger partial charge in [-0.2, -0.15) is 0 Å². The van der Waals surface area contributed by atoms with Gasteiger partial charge in [-0.1, -0.05) is 12.1 Å². The van der Waals surface area contributed by atoms with E-state index >= 15 is 0 Å². The average molecular weight is 259 g/mol. The number of ether oxygens (including phenoxy) is 1. The maximum Gasteiger partial charge on any atom is 0.143 e. The Bertz CT molecular complexity index is 583. The van der Waals surface area contributed by atoms with Crippen molar-refractivity contribution in [1.82, 2.24) is 0 Å². The van der Waals surface area contributed by atoms with E-state index in [0.717, 1.165) is 17.0 Å². The molecule has 98 valence electrons. The molecule has 2 aromatic carbocycles. The first-order valence-electron chi connectivity index (χ1n) is 6.19. The topological polar surface area (TPSA) is 41.5 Å². The number of phenols is 1. The number of phenolic OH excluding ortho intramolecular Hbond substituents is 1. The quantitative estimate of drug-likeness (QED) is 0.871. The summed E-state index contributed by atoms with van der Waals surface area (Å²) in [6, 6.07) is 11.4. The Morgan fingerprint density at radius 3 is 2.79 bits per heavy atom. The van der Waals surface area contributed by atoms with Crippen LogP contribution in [0.1, 0.15) is 5.56 Å². The molecule has 1 unspecified atom stereocenters. The lowest BCUT2D eigenvalue weighted by Gasteiger charge is -2.27. The highest BCUT2D eigenvalue weighted by molar-refractivity contribution is 5.60. The zero-order valence-corrected chi connectivity index (χ0v) is 10.3. The van der Waals surface area contributed by atoms with Crippen molar-refractivity contribution in [2.75, 3.05) is 11.9 Å². The number of hydrogen-bond donors (Lipinski definition) is 2. The molecule has 1 atom stereocenters. The molecule has 0 aromatic heterocycles. The van der Waals surface area contributed by atoms with Crippen LogP contribution in [0, 0.1) is 5.82 Å². The molecule has 1 heterocycles. The first kappa shape index (κ1) is 11.8. The first-order valence-corrected chi connectivity index (χ1v) is 6.19. The third-order valence-electron chi connectivity index (χ3n) is 3.15. The number of rotatable bonds is 2. The number of nitrogens with one attached hydrogen (secondary N) is 1. The highest BCUT2D eigenvalue weighted by Gasteiger charge is 2.19. The van der Waals surface area contributed by atoms with Gasteiger partial charge in [0.15, 0.2) is 0 Å². The minimum absolute atomic E-state index is 0.00232. The number of benzene rings is 2. The standard InChI is InChI=1S/C15H14FNO2/c16-11-3-1-10(2-4-11)7-13-9-17-14-8-12(18)5-6-15(14)19-13/h1-6,8,13,17-18H,7,9H2. The molecule has 0 spiro atoms. The van der Waals surface area contributed by atoms with Crippen LogP contribution >= 0.6 is 0 Å². The summed E-state index contributed by atoms with van der Waals surface area (Å²) in [5.41, 5.74) is 1.84. The maximum atomic E-state index is 12.8. The van der Waals surface area contributed by atoms with Gasteiger partial charge in [0.1, 0.15) is 23.4 Å². The molecule has 0 radical (unpaired) electrons. The van der Waals surface area contributed by atoms with E-state index in [2.05, 4.69) is 5.32 Å². The minimum atomic E-state index is -0.229. The Labute approximate surface area is 110 Å². The van der Waals surface area contributed by atoms with E-state index in [4.69, 9.17) is 4.74 Å². The van der Waals surface area contributed by atoms with Crippen LogP contribution in [-0.2, 0) is 6.42 Å². The van der Waals surface area contributed by atoms with Crippen molar-refractivity contribution in [2.24, 2.45) is 0 Å². The Balaban J connectivity index is 1.72. The lowest BCUT2D eigenvalue weighted by atomic mass is 10.1. The fraction of sp³-hybridized carbons (Fsp3) is 0.200. The van der Waals surface area contributed by atoms with E-state index in [0.29, 0.717) is 13.0 Å². The molecular weight excluding hydrogens is 245 g/mol. The van der Waals surface area contributed by atoms with Gasteiger partial charge in [-0.15, -0.1) is 0 Å². The van der Waals surface area contributed by atoms with Crippen molar-refractivity contribution in [3.05, 3.63) is 53.8 Å². The van der Waals surface area contributed by atoms with Crippen LogP contribution in [0.25, 0.3) is 0 Å². The molecule has 1 aliphatic rings. The predicted octanol–water partition coefficient (Wildman–Crippen LogP) is 2.95. The molecule has 0 saturated carbocycles. The maximum absolute atomic E-state index is 12.8. The second kappa shape index (κ2) is 4.80. The molecule has 2 N–H and O–H groups in total. The van der Waals surface area contributed by atoms with Gasteiger partial charge >= 0.3 is 0 Å².